The van der Waals surface area contributed by atoms with Crippen LogP contribution in [0.2, 0.25) is 0 Å². The summed E-state index contributed by atoms with van der Waals surface area (Å²) < 4.78 is 5.33. The van der Waals surface area contributed by atoms with Crippen LogP contribution in [-0.4, -0.2) is 55.7 Å². The van der Waals surface area contributed by atoms with Crippen LogP contribution in [0.15, 0.2) is 0 Å². The predicted molar refractivity (Wildman–Crippen MR) is 67.2 cm³/mol. The fourth-order valence-corrected chi connectivity index (χ4v) is 2.92. The molecule has 0 spiro atoms. The molecule has 0 radical (unpaired) electrons. The summed E-state index contributed by atoms with van der Waals surface area (Å²) in [7, 11) is 0. The van der Waals surface area contributed by atoms with Crippen molar-refractivity contribution in [2.24, 2.45) is 0 Å². The zero-order valence-electron chi connectivity index (χ0n) is 9.96. The second-order valence-corrected chi connectivity index (χ2v) is 5.38. The summed E-state index contributed by atoms with van der Waals surface area (Å²) in [5.41, 5.74) is 0. The van der Waals surface area contributed by atoms with Gasteiger partial charge in [0.2, 0.25) is 0 Å². The molecule has 0 amide bonds. The summed E-state index contributed by atoms with van der Waals surface area (Å²) >= 11 is 6.31. The summed E-state index contributed by atoms with van der Waals surface area (Å²) in [4.78, 5) is 2.46. The normalized spacial score (nSPS) is 32.8. The van der Waals surface area contributed by atoms with Gasteiger partial charge in [-0.3, -0.25) is 4.90 Å². The van der Waals surface area contributed by atoms with Crippen LogP contribution in [0.1, 0.15) is 25.7 Å². The number of ether oxygens (including phenoxy) is 1. The Hall–Kier alpha value is 0.170. The van der Waals surface area contributed by atoms with Crippen molar-refractivity contribution >= 4 is 11.6 Å². The molecule has 16 heavy (non-hydrogen) atoms. The summed E-state index contributed by atoms with van der Waals surface area (Å²) in [5.74, 6) is 0. The summed E-state index contributed by atoms with van der Waals surface area (Å²) in [6.07, 6.45) is 5.06. The third-order valence-electron chi connectivity index (χ3n) is 3.62. The SMILES string of the molecule is ClC1CCCCC1NCCN1CCOCC1. The fourth-order valence-electron chi connectivity index (χ4n) is 2.55. The lowest BCUT2D eigenvalue weighted by atomic mass is 9.95. The van der Waals surface area contributed by atoms with Crippen molar-refractivity contribution in [1.82, 2.24) is 10.2 Å². The van der Waals surface area contributed by atoms with Crippen molar-refractivity contribution in [1.29, 1.82) is 0 Å². The van der Waals surface area contributed by atoms with Gasteiger partial charge in [0.05, 0.1) is 13.2 Å². The van der Waals surface area contributed by atoms with E-state index in [1.165, 1.54) is 25.7 Å². The van der Waals surface area contributed by atoms with Gasteiger partial charge in [0, 0.05) is 37.6 Å². The molecule has 1 heterocycles. The highest BCUT2D eigenvalue weighted by Gasteiger charge is 2.22. The largest absolute Gasteiger partial charge is 0.379 e. The Kier molecular flexibility index (Phi) is 5.36. The molecule has 3 nitrogen and oxygen atoms in total. The first-order valence-electron chi connectivity index (χ1n) is 6.54. The van der Waals surface area contributed by atoms with E-state index < -0.39 is 0 Å². The zero-order valence-corrected chi connectivity index (χ0v) is 10.7. The second-order valence-electron chi connectivity index (χ2n) is 4.82. The minimum Gasteiger partial charge on any atom is -0.379 e. The first-order chi connectivity index (χ1) is 7.86. The molecule has 2 atom stereocenters. The maximum Gasteiger partial charge on any atom is 0.0594 e. The van der Waals surface area contributed by atoms with E-state index in [0.717, 1.165) is 39.4 Å². The van der Waals surface area contributed by atoms with Gasteiger partial charge in [-0.05, 0) is 12.8 Å². The quantitative estimate of drug-likeness (QED) is 0.761. The number of halogens is 1. The van der Waals surface area contributed by atoms with Crippen LogP contribution < -0.4 is 5.32 Å². The van der Waals surface area contributed by atoms with Crippen molar-refractivity contribution in [2.45, 2.75) is 37.1 Å². The minimum atomic E-state index is 0.346. The molecule has 2 rings (SSSR count). The Bertz CT molecular complexity index is 197. The maximum atomic E-state index is 6.31. The first-order valence-corrected chi connectivity index (χ1v) is 6.97. The number of alkyl halides is 1. The van der Waals surface area contributed by atoms with E-state index in [1.54, 1.807) is 0 Å². The van der Waals surface area contributed by atoms with Crippen LogP contribution in [0, 0.1) is 0 Å². The van der Waals surface area contributed by atoms with Gasteiger partial charge >= 0.3 is 0 Å². The second kappa shape index (κ2) is 6.80. The molecule has 0 aromatic heterocycles. The van der Waals surface area contributed by atoms with E-state index in [4.69, 9.17) is 16.3 Å². The van der Waals surface area contributed by atoms with Gasteiger partial charge in [-0.1, -0.05) is 12.8 Å². The van der Waals surface area contributed by atoms with Crippen LogP contribution in [0.25, 0.3) is 0 Å². The van der Waals surface area contributed by atoms with E-state index in [9.17, 15) is 0 Å². The highest BCUT2D eigenvalue weighted by atomic mass is 35.5. The van der Waals surface area contributed by atoms with Crippen LogP contribution in [0.3, 0.4) is 0 Å². The molecule has 94 valence electrons. The molecule has 0 bridgehead atoms. The Balaban J connectivity index is 1.59. The number of nitrogens with one attached hydrogen (secondary N) is 1. The van der Waals surface area contributed by atoms with E-state index in [-0.39, 0.29) is 0 Å². The lowest BCUT2D eigenvalue weighted by Crippen LogP contribution is -2.45. The average Bonchev–Trinajstić information content (AvgIpc) is 2.33. The fraction of sp³-hybridized carbons (Fsp3) is 1.00. The van der Waals surface area contributed by atoms with Gasteiger partial charge in [-0.25, -0.2) is 0 Å². The highest BCUT2D eigenvalue weighted by Crippen LogP contribution is 2.22. The topological polar surface area (TPSA) is 24.5 Å². The van der Waals surface area contributed by atoms with Gasteiger partial charge in [-0.2, -0.15) is 0 Å². The number of nitrogens with zero attached hydrogens (tertiary/aromatic N) is 1. The molecule has 0 aromatic carbocycles. The van der Waals surface area contributed by atoms with Crippen molar-refractivity contribution in [2.75, 3.05) is 39.4 Å². The number of morpholine rings is 1. The number of hydrogen-bond donors (Lipinski definition) is 1. The molecule has 1 saturated heterocycles. The number of hydrogen-bond acceptors (Lipinski definition) is 3. The highest BCUT2D eigenvalue weighted by molar-refractivity contribution is 6.21. The summed E-state index contributed by atoms with van der Waals surface area (Å²) in [5, 5.41) is 3.95. The van der Waals surface area contributed by atoms with Gasteiger partial charge in [0.15, 0.2) is 0 Å². The van der Waals surface area contributed by atoms with Crippen LogP contribution in [-0.2, 0) is 4.74 Å². The van der Waals surface area contributed by atoms with Gasteiger partial charge in [-0.15, -0.1) is 11.6 Å². The predicted octanol–water partition coefficient (Wildman–Crippen LogP) is 1.46. The van der Waals surface area contributed by atoms with Crippen molar-refractivity contribution < 1.29 is 4.74 Å². The lowest BCUT2D eigenvalue weighted by Gasteiger charge is -2.30. The van der Waals surface area contributed by atoms with Crippen molar-refractivity contribution in [3.8, 4) is 0 Å². The molecular weight excluding hydrogens is 224 g/mol. The third-order valence-corrected chi connectivity index (χ3v) is 4.14. The van der Waals surface area contributed by atoms with Gasteiger partial charge in [0.25, 0.3) is 0 Å². The lowest BCUT2D eigenvalue weighted by molar-refractivity contribution is 0.0380. The van der Waals surface area contributed by atoms with E-state index >= 15 is 0 Å². The van der Waals surface area contributed by atoms with Crippen LogP contribution >= 0.6 is 11.6 Å². The molecule has 2 aliphatic rings. The summed E-state index contributed by atoms with van der Waals surface area (Å²) in [6.45, 7) is 6.13. The number of rotatable bonds is 4. The Labute approximate surface area is 103 Å². The summed E-state index contributed by atoms with van der Waals surface area (Å²) in [6, 6.07) is 0.538. The molecule has 1 N–H and O–H groups in total. The smallest absolute Gasteiger partial charge is 0.0594 e. The molecule has 4 heteroatoms. The van der Waals surface area contributed by atoms with Crippen LogP contribution in [0.5, 0.6) is 0 Å². The molecule has 2 unspecified atom stereocenters. The van der Waals surface area contributed by atoms with Crippen molar-refractivity contribution in [3.05, 3.63) is 0 Å². The Morgan fingerprint density at radius 3 is 2.69 bits per heavy atom. The Morgan fingerprint density at radius 2 is 1.94 bits per heavy atom. The molecule has 2 fully saturated rings. The van der Waals surface area contributed by atoms with E-state index in [1.807, 2.05) is 0 Å². The van der Waals surface area contributed by atoms with E-state index in [0.29, 0.717) is 11.4 Å². The molecule has 1 saturated carbocycles. The van der Waals surface area contributed by atoms with Gasteiger partial charge in [0.1, 0.15) is 0 Å². The van der Waals surface area contributed by atoms with E-state index in [2.05, 4.69) is 10.2 Å². The van der Waals surface area contributed by atoms with Crippen LogP contribution in [0.4, 0.5) is 0 Å². The molecule has 1 aliphatic heterocycles. The zero-order chi connectivity index (χ0) is 11.2. The van der Waals surface area contributed by atoms with Gasteiger partial charge < -0.3 is 10.1 Å². The monoisotopic (exact) mass is 246 g/mol. The molecule has 0 aromatic rings. The molecule has 1 aliphatic carbocycles. The standard InChI is InChI=1S/C12H23ClN2O/c13-11-3-1-2-4-12(11)14-5-6-15-7-9-16-10-8-15/h11-12,14H,1-10H2. The van der Waals surface area contributed by atoms with Crippen molar-refractivity contribution in [3.63, 3.8) is 0 Å². The first kappa shape index (κ1) is 12.6. The third kappa shape index (κ3) is 3.88. The average molecular weight is 247 g/mol. The molecular formula is C12H23ClN2O. The minimum absolute atomic E-state index is 0.346. The Morgan fingerprint density at radius 1 is 1.19 bits per heavy atom. The maximum absolute atomic E-state index is 6.31.